The highest BCUT2D eigenvalue weighted by molar-refractivity contribution is 6.01. The molecule has 0 spiro atoms. The highest BCUT2D eigenvalue weighted by Crippen LogP contribution is 2.62. The molecule has 41 heavy (non-hydrogen) atoms. The number of carbonyl (C=O) groups excluding carboxylic acids is 4. The smallest absolute Gasteiger partial charge is 0.162 e. The van der Waals surface area contributed by atoms with Crippen molar-refractivity contribution in [2.75, 3.05) is 0 Å². The second kappa shape index (κ2) is 10.6. The Labute approximate surface area is 244 Å². The van der Waals surface area contributed by atoms with Crippen LogP contribution in [0.15, 0.2) is 22.3 Å². The summed E-state index contributed by atoms with van der Waals surface area (Å²) < 4.78 is 0. The lowest BCUT2D eigenvalue weighted by Crippen LogP contribution is -2.45. The van der Waals surface area contributed by atoms with Gasteiger partial charge in [0.15, 0.2) is 11.6 Å². The molecule has 6 rings (SSSR count). The number of aliphatic hydroxyl groups is 2. The molecule has 7 nitrogen and oxygen atoms in total. The van der Waals surface area contributed by atoms with Crippen LogP contribution in [0.1, 0.15) is 106 Å². The van der Waals surface area contributed by atoms with Crippen molar-refractivity contribution in [2.24, 2.45) is 46.3 Å². The maximum Gasteiger partial charge on any atom is 0.162 e. The van der Waals surface area contributed by atoms with Crippen molar-refractivity contribution in [1.29, 1.82) is 0 Å². The fourth-order valence-corrected chi connectivity index (χ4v) is 9.67. The minimum absolute atomic E-state index is 0. The maximum atomic E-state index is 12.7. The third-order valence-electron chi connectivity index (χ3n) is 12.2. The number of carbonyl (C=O) groups is 4. The predicted molar refractivity (Wildman–Crippen MR) is 156 cm³/mol. The third kappa shape index (κ3) is 4.94. The van der Waals surface area contributed by atoms with Gasteiger partial charge in [-0.3, -0.25) is 9.59 Å². The van der Waals surface area contributed by atoms with E-state index in [0.29, 0.717) is 25.7 Å². The summed E-state index contributed by atoms with van der Waals surface area (Å²) in [6.07, 6.45) is 10.1. The molecule has 0 radical (unpaired) electrons. The molecule has 0 aromatic rings. The molecular weight excluding hydrogens is 520 g/mol. The van der Waals surface area contributed by atoms with Gasteiger partial charge in [-0.2, -0.15) is 0 Å². The third-order valence-corrected chi connectivity index (χ3v) is 12.2. The average Bonchev–Trinajstić information content (AvgIpc) is 3.45. The van der Waals surface area contributed by atoms with Crippen molar-refractivity contribution in [3.63, 3.8) is 0 Å². The number of aldehydes is 2. The van der Waals surface area contributed by atoms with Gasteiger partial charge in [0.05, 0.1) is 11.2 Å². The molecule has 2 saturated carbocycles. The quantitative estimate of drug-likeness (QED) is 0.477. The number of hydrogen-bond acceptors (Lipinski definition) is 6. The zero-order valence-electron chi connectivity index (χ0n) is 25.7. The fourth-order valence-electron chi connectivity index (χ4n) is 9.67. The lowest BCUT2D eigenvalue weighted by atomic mass is 9.59. The van der Waals surface area contributed by atoms with E-state index < -0.39 is 11.2 Å². The van der Waals surface area contributed by atoms with Crippen LogP contribution in [-0.4, -0.2) is 51.0 Å². The Bertz CT molecular complexity index is 1100. The summed E-state index contributed by atoms with van der Waals surface area (Å²) in [5, 5.41) is 21.2. The Balaban J connectivity index is 0.000000184. The zero-order valence-corrected chi connectivity index (χ0v) is 25.7. The topological polar surface area (TPSA) is 140 Å². The molecule has 6 aliphatic rings. The lowest BCUT2D eigenvalue weighted by molar-refractivity contribution is -0.127. The van der Waals surface area contributed by atoms with Gasteiger partial charge in [-0.05, 0) is 100 Å². The van der Waals surface area contributed by atoms with Gasteiger partial charge in [0.2, 0.25) is 0 Å². The van der Waals surface area contributed by atoms with E-state index in [1.54, 1.807) is 0 Å². The molecular formula is C34H50O7. The molecule has 228 valence electrons. The SMILES string of the molecule is C[C@@H](C=O)[C@@H]1C[C@]2(C)CC[C@H]3C2=C(CC[C@]3(C)O)C1=O.C[C@@H](C=O)[C@@H]1C[C@]2(C)CC[C@H]3C2=C(CC[C@]3(C)O)C1=O.O. The summed E-state index contributed by atoms with van der Waals surface area (Å²) in [7, 11) is 0. The van der Waals surface area contributed by atoms with Crippen LogP contribution >= 0.6 is 0 Å². The molecule has 7 heteroatoms. The Kier molecular flexibility index (Phi) is 8.29. The minimum atomic E-state index is -0.667. The first-order valence-corrected chi connectivity index (χ1v) is 15.5. The standard InChI is InChI=1S/2C17H24O3.H2O/c2*1-10(9-18)12-8-16(2)6-5-13-14(16)11(15(12)19)4-7-17(13,3)20;/h2*9-10,12-13,20H,4-8H2,1-3H3;1H2/t2*10-,12-,13-,16-,17-;/m00./s1. The summed E-state index contributed by atoms with van der Waals surface area (Å²) in [5.74, 6) is -0.0554. The number of rotatable bonds is 4. The molecule has 4 N–H and O–H groups in total. The molecule has 0 aliphatic heterocycles. The van der Waals surface area contributed by atoms with Crippen LogP contribution in [0.2, 0.25) is 0 Å². The zero-order chi connectivity index (χ0) is 29.4. The average molecular weight is 571 g/mol. The molecule has 6 aliphatic carbocycles. The fraction of sp³-hybridized carbons (Fsp3) is 0.765. The van der Waals surface area contributed by atoms with E-state index in [1.807, 2.05) is 27.7 Å². The second-order valence-electron chi connectivity index (χ2n) is 15.1. The van der Waals surface area contributed by atoms with Crippen LogP contribution in [0.5, 0.6) is 0 Å². The number of hydrogen-bond donors (Lipinski definition) is 2. The van der Waals surface area contributed by atoms with Gasteiger partial charge >= 0.3 is 0 Å². The summed E-state index contributed by atoms with van der Waals surface area (Å²) in [5.41, 5.74) is 3.06. The summed E-state index contributed by atoms with van der Waals surface area (Å²) in [6.45, 7) is 12.0. The van der Waals surface area contributed by atoms with Crippen LogP contribution in [-0.2, 0) is 19.2 Å². The molecule has 0 aromatic heterocycles. The monoisotopic (exact) mass is 570 g/mol. The van der Waals surface area contributed by atoms with Crippen LogP contribution in [0.3, 0.4) is 0 Å². The van der Waals surface area contributed by atoms with E-state index in [0.717, 1.165) is 62.2 Å². The van der Waals surface area contributed by atoms with E-state index in [1.165, 1.54) is 11.1 Å². The van der Waals surface area contributed by atoms with Crippen LogP contribution < -0.4 is 0 Å². The summed E-state index contributed by atoms with van der Waals surface area (Å²) >= 11 is 0. The first kappa shape index (κ1) is 32.0. The Morgan fingerprint density at radius 1 is 0.683 bits per heavy atom. The number of ketones is 2. The summed E-state index contributed by atoms with van der Waals surface area (Å²) in [6, 6.07) is 0. The normalized spacial score (nSPS) is 44.2. The Morgan fingerprint density at radius 3 is 1.34 bits per heavy atom. The van der Waals surface area contributed by atoms with Gasteiger partial charge in [-0.15, -0.1) is 0 Å². The Morgan fingerprint density at radius 2 is 1.02 bits per heavy atom. The van der Waals surface area contributed by atoms with E-state index >= 15 is 0 Å². The second-order valence-corrected chi connectivity index (χ2v) is 15.1. The highest BCUT2D eigenvalue weighted by Gasteiger charge is 2.57. The van der Waals surface area contributed by atoms with Crippen molar-refractivity contribution in [2.45, 2.75) is 117 Å². The van der Waals surface area contributed by atoms with Crippen molar-refractivity contribution < 1.29 is 34.9 Å². The van der Waals surface area contributed by atoms with Crippen molar-refractivity contribution in [3.05, 3.63) is 22.3 Å². The predicted octanol–water partition coefficient (Wildman–Crippen LogP) is 4.51. The highest BCUT2D eigenvalue weighted by atomic mass is 16.3. The van der Waals surface area contributed by atoms with Gasteiger partial charge in [-0.25, -0.2) is 0 Å². The van der Waals surface area contributed by atoms with E-state index in [9.17, 15) is 29.4 Å². The largest absolute Gasteiger partial charge is 0.412 e. The minimum Gasteiger partial charge on any atom is -0.412 e. The van der Waals surface area contributed by atoms with Crippen molar-refractivity contribution in [3.8, 4) is 0 Å². The van der Waals surface area contributed by atoms with Crippen LogP contribution in [0, 0.1) is 46.3 Å². The molecule has 0 bridgehead atoms. The molecule has 0 unspecified atom stereocenters. The van der Waals surface area contributed by atoms with Gasteiger partial charge in [0.25, 0.3) is 0 Å². The van der Waals surface area contributed by atoms with Gasteiger partial charge < -0.3 is 25.3 Å². The molecule has 0 amide bonds. The molecule has 0 heterocycles. The van der Waals surface area contributed by atoms with E-state index in [4.69, 9.17) is 0 Å². The molecule has 10 atom stereocenters. The molecule has 0 saturated heterocycles. The van der Waals surface area contributed by atoms with E-state index in [2.05, 4.69) is 13.8 Å². The van der Waals surface area contributed by atoms with Crippen LogP contribution in [0.25, 0.3) is 0 Å². The van der Waals surface area contributed by atoms with Crippen molar-refractivity contribution in [1.82, 2.24) is 0 Å². The van der Waals surface area contributed by atoms with E-state index in [-0.39, 0.29) is 63.4 Å². The summed E-state index contributed by atoms with van der Waals surface area (Å²) in [4.78, 5) is 47.7. The maximum absolute atomic E-state index is 12.7. The van der Waals surface area contributed by atoms with Crippen LogP contribution in [0.4, 0.5) is 0 Å². The van der Waals surface area contributed by atoms with Gasteiger partial charge in [-0.1, -0.05) is 38.8 Å². The van der Waals surface area contributed by atoms with Gasteiger partial charge in [0, 0.05) is 35.5 Å². The van der Waals surface area contributed by atoms with Gasteiger partial charge in [0.1, 0.15) is 12.6 Å². The van der Waals surface area contributed by atoms with Crippen molar-refractivity contribution >= 4 is 24.1 Å². The first-order chi connectivity index (χ1) is 18.6. The molecule has 2 fully saturated rings. The Hall–Kier alpha value is -1.96. The number of allylic oxidation sites excluding steroid dienone is 2. The lowest BCUT2D eigenvalue weighted by Gasteiger charge is -2.45. The first-order valence-electron chi connectivity index (χ1n) is 15.5. The molecule has 0 aromatic carbocycles. The number of Topliss-reactive ketones (excluding diaryl/α,β-unsaturated/α-hetero) is 2.